The van der Waals surface area contributed by atoms with Crippen molar-refractivity contribution in [1.82, 2.24) is 25.2 Å². The van der Waals surface area contributed by atoms with Crippen LogP contribution in [0.3, 0.4) is 0 Å². The van der Waals surface area contributed by atoms with Gasteiger partial charge in [0.2, 0.25) is 0 Å². The molecule has 0 amide bonds. The van der Waals surface area contributed by atoms with Gasteiger partial charge in [-0.05, 0) is 76.5 Å². The van der Waals surface area contributed by atoms with Gasteiger partial charge in [-0.2, -0.15) is 11.3 Å². The number of aromatic nitrogens is 3. The van der Waals surface area contributed by atoms with E-state index in [1.165, 1.54) is 34.4 Å². The van der Waals surface area contributed by atoms with Crippen LogP contribution in [0.5, 0.6) is 0 Å². The topological polar surface area (TPSA) is 56.8 Å². The van der Waals surface area contributed by atoms with Crippen LogP contribution in [-0.2, 0) is 32.6 Å². The lowest BCUT2D eigenvalue weighted by atomic mass is 9.90. The molecule has 5 aromatic rings. The fourth-order valence-electron chi connectivity index (χ4n) is 5.23. The quantitative estimate of drug-likeness (QED) is 0.250. The molecule has 5 nitrogen and oxygen atoms in total. The number of H-pyrrole nitrogens is 1. The van der Waals surface area contributed by atoms with Gasteiger partial charge < -0.3 is 10.3 Å². The zero-order chi connectivity index (χ0) is 24.2. The highest BCUT2D eigenvalue weighted by Crippen LogP contribution is 2.34. The second kappa shape index (κ2) is 10.7. The SMILES string of the molecule is c1cnc2c(c1)CCCC2N(Cc1ccc(CNCc2ccsc2)cc1)Cc1nc2ccccc2[nH]1. The Morgan fingerprint density at radius 1 is 0.917 bits per heavy atom. The maximum Gasteiger partial charge on any atom is 0.121 e. The van der Waals surface area contributed by atoms with Crippen molar-refractivity contribution >= 4 is 22.4 Å². The molecule has 0 bridgehead atoms. The average Bonchev–Trinajstić information content (AvgIpc) is 3.58. The molecule has 1 aliphatic rings. The third-order valence-electron chi connectivity index (χ3n) is 7.04. The molecule has 6 rings (SSSR count). The Balaban J connectivity index is 1.21. The molecule has 1 aliphatic carbocycles. The van der Waals surface area contributed by atoms with Crippen LogP contribution in [0, 0.1) is 0 Å². The minimum atomic E-state index is 0.287. The number of nitrogens with one attached hydrogen (secondary N) is 2. The number of fused-ring (bicyclic) bond motifs is 2. The van der Waals surface area contributed by atoms with Crippen molar-refractivity contribution in [2.75, 3.05) is 0 Å². The molecule has 0 fully saturated rings. The monoisotopic (exact) mass is 493 g/mol. The Kier molecular flexibility index (Phi) is 6.89. The molecule has 0 radical (unpaired) electrons. The number of thiophene rings is 1. The van der Waals surface area contributed by atoms with Gasteiger partial charge in [0, 0.05) is 25.8 Å². The summed E-state index contributed by atoms with van der Waals surface area (Å²) in [6.07, 6.45) is 5.36. The van der Waals surface area contributed by atoms with Crippen LogP contribution in [0.25, 0.3) is 11.0 Å². The molecule has 2 aromatic carbocycles. The lowest BCUT2D eigenvalue weighted by molar-refractivity contribution is 0.153. The number of benzene rings is 2. The number of nitrogens with zero attached hydrogens (tertiary/aromatic N) is 3. The van der Waals surface area contributed by atoms with Crippen molar-refractivity contribution < 1.29 is 0 Å². The van der Waals surface area contributed by atoms with Crippen molar-refractivity contribution in [3.05, 3.63) is 117 Å². The summed E-state index contributed by atoms with van der Waals surface area (Å²) in [5.41, 5.74) is 8.70. The first kappa shape index (κ1) is 23.1. The first-order valence-electron chi connectivity index (χ1n) is 12.7. The number of aromatic amines is 1. The summed E-state index contributed by atoms with van der Waals surface area (Å²) in [7, 11) is 0. The smallest absolute Gasteiger partial charge is 0.121 e. The first-order valence-corrected chi connectivity index (χ1v) is 13.7. The van der Waals surface area contributed by atoms with Crippen molar-refractivity contribution in [2.45, 2.75) is 51.5 Å². The third-order valence-corrected chi connectivity index (χ3v) is 7.78. The van der Waals surface area contributed by atoms with Gasteiger partial charge in [0.1, 0.15) is 5.82 Å². The van der Waals surface area contributed by atoms with E-state index >= 15 is 0 Å². The van der Waals surface area contributed by atoms with E-state index in [1.54, 1.807) is 11.3 Å². The van der Waals surface area contributed by atoms with E-state index in [4.69, 9.17) is 9.97 Å². The highest BCUT2D eigenvalue weighted by Gasteiger charge is 2.28. The molecular formula is C30H31N5S. The van der Waals surface area contributed by atoms with Gasteiger partial charge >= 0.3 is 0 Å². The zero-order valence-electron chi connectivity index (χ0n) is 20.4. The standard InChI is InChI=1S/C30H31N5S/c1-2-8-27-26(7-1)33-29(34-27)20-35(28-9-3-5-25-6-4-15-32-30(25)28)19-23-12-10-22(11-13-23)17-31-18-24-14-16-36-21-24/h1-2,4,6-8,10-16,21,28,31H,3,5,9,17-20H2,(H,33,34). The number of pyridine rings is 1. The number of para-hydroxylation sites is 2. The molecule has 6 heteroatoms. The normalized spacial score (nSPS) is 15.4. The Morgan fingerprint density at radius 2 is 1.78 bits per heavy atom. The second-order valence-electron chi connectivity index (χ2n) is 9.61. The summed E-state index contributed by atoms with van der Waals surface area (Å²) in [6.45, 7) is 3.41. The molecule has 2 N–H and O–H groups in total. The number of rotatable bonds is 9. The molecule has 3 aromatic heterocycles. The number of hydrogen-bond acceptors (Lipinski definition) is 5. The minimum Gasteiger partial charge on any atom is -0.341 e. The van der Waals surface area contributed by atoms with E-state index in [-0.39, 0.29) is 6.04 Å². The predicted octanol–water partition coefficient (Wildman–Crippen LogP) is 6.39. The molecule has 1 unspecified atom stereocenters. The molecule has 3 heterocycles. The molecule has 0 spiro atoms. The predicted molar refractivity (Wildman–Crippen MR) is 147 cm³/mol. The second-order valence-corrected chi connectivity index (χ2v) is 10.4. The molecule has 36 heavy (non-hydrogen) atoms. The summed E-state index contributed by atoms with van der Waals surface area (Å²) < 4.78 is 0. The van der Waals surface area contributed by atoms with Crippen LogP contribution in [0.1, 0.15) is 52.7 Å². The molecule has 0 saturated heterocycles. The van der Waals surface area contributed by atoms with Crippen molar-refractivity contribution in [1.29, 1.82) is 0 Å². The van der Waals surface area contributed by atoms with E-state index in [0.717, 1.165) is 55.9 Å². The number of hydrogen-bond donors (Lipinski definition) is 2. The van der Waals surface area contributed by atoms with Crippen LogP contribution < -0.4 is 5.32 Å². The van der Waals surface area contributed by atoms with E-state index in [0.29, 0.717) is 0 Å². The zero-order valence-corrected chi connectivity index (χ0v) is 21.2. The van der Waals surface area contributed by atoms with Crippen molar-refractivity contribution in [3.63, 3.8) is 0 Å². The minimum absolute atomic E-state index is 0.287. The van der Waals surface area contributed by atoms with Gasteiger partial charge in [-0.1, -0.05) is 42.5 Å². The largest absolute Gasteiger partial charge is 0.341 e. The fraction of sp³-hybridized carbons (Fsp3) is 0.267. The summed E-state index contributed by atoms with van der Waals surface area (Å²) in [4.78, 5) is 15.8. The Bertz CT molecular complexity index is 1370. The fourth-order valence-corrected chi connectivity index (χ4v) is 5.90. The summed E-state index contributed by atoms with van der Waals surface area (Å²) >= 11 is 1.75. The van der Waals surface area contributed by atoms with Gasteiger partial charge in [0.25, 0.3) is 0 Å². The van der Waals surface area contributed by atoms with Gasteiger partial charge in [-0.15, -0.1) is 0 Å². The first-order chi connectivity index (χ1) is 17.8. The van der Waals surface area contributed by atoms with Gasteiger partial charge in [-0.3, -0.25) is 9.88 Å². The molecule has 1 atom stereocenters. The van der Waals surface area contributed by atoms with Crippen LogP contribution in [0.15, 0.2) is 83.7 Å². The van der Waals surface area contributed by atoms with Crippen LogP contribution >= 0.6 is 11.3 Å². The maximum absolute atomic E-state index is 4.89. The lowest BCUT2D eigenvalue weighted by Gasteiger charge is -2.34. The average molecular weight is 494 g/mol. The van der Waals surface area contributed by atoms with E-state index in [1.807, 2.05) is 12.3 Å². The Hall–Kier alpha value is -3.32. The van der Waals surface area contributed by atoms with Gasteiger partial charge in [0.15, 0.2) is 0 Å². The molecule has 182 valence electrons. The summed E-state index contributed by atoms with van der Waals surface area (Å²) in [5, 5.41) is 7.88. The molecular weight excluding hydrogens is 462 g/mol. The van der Waals surface area contributed by atoms with E-state index in [2.05, 4.69) is 86.6 Å². The van der Waals surface area contributed by atoms with Crippen molar-refractivity contribution in [3.8, 4) is 0 Å². The Labute approximate surface area is 216 Å². The summed E-state index contributed by atoms with van der Waals surface area (Å²) in [5.74, 6) is 1.01. The third kappa shape index (κ3) is 5.26. The highest BCUT2D eigenvalue weighted by atomic mass is 32.1. The van der Waals surface area contributed by atoms with Crippen LogP contribution in [0.4, 0.5) is 0 Å². The number of imidazole rings is 1. The van der Waals surface area contributed by atoms with E-state index in [9.17, 15) is 0 Å². The molecule has 0 saturated carbocycles. The van der Waals surface area contributed by atoms with Crippen LogP contribution in [0.2, 0.25) is 0 Å². The Morgan fingerprint density at radius 3 is 2.64 bits per heavy atom. The molecule has 0 aliphatic heterocycles. The van der Waals surface area contributed by atoms with Crippen molar-refractivity contribution in [2.24, 2.45) is 0 Å². The van der Waals surface area contributed by atoms with Gasteiger partial charge in [-0.25, -0.2) is 4.98 Å². The maximum atomic E-state index is 4.89. The highest BCUT2D eigenvalue weighted by molar-refractivity contribution is 7.07. The van der Waals surface area contributed by atoms with Gasteiger partial charge in [0.05, 0.1) is 29.3 Å². The number of aryl methyl sites for hydroxylation is 1. The lowest BCUT2D eigenvalue weighted by Crippen LogP contribution is -2.31. The summed E-state index contributed by atoms with van der Waals surface area (Å²) in [6, 6.07) is 24.1. The van der Waals surface area contributed by atoms with Crippen LogP contribution in [-0.4, -0.2) is 19.9 Å². The van der Waals surface area contributed by atoms with E-state index < -0.39 is 0 Å².